The second-order valence-electron chi connectivity index (χ2n) is 3.14. The number of nitrogens with zero attached hydrogens (tertiary/aromatic N) is 2. The van der Waals surface area contributed by atoms with E-state index in [1.54, 1.807) is 6.07 Å². The van der Waals surface area contributed by atoms with Crippen molar-refractivity contribution in [3.05, 3.63) is 35.8 Å². The van der Waals surface area contributed by atoms with E-state index in [0.29, 0.717) is 5.56 Å². The van der Waals surface area contributed by atoms with Crippen LogP contribution in [-0.4, -0.2) is 21.4 Å². The summed E-state index contributed by atoms with van der Waals surface area (Å²) in [5.74, 6) is -1.48. The van der Waals surface area contributed by atoms with Gasteiger partial charge in [-0.3, -0.25) is 4.79 Å². The fourth-order valence-corrected chi connectivity index (χ4v) is 1.32. The molecule has 1 N–H and O–H groups in total. The van der Waals surface area contributed by atoms with Crippen LogP contribution in [0.2, 0.25) is 0 Å². The van der Waals surface area contributed by atoms with Crippen molar-refractivity contribution in [3.8, 4) is 11.3 Å². The van der Waals surface area contributed by atoms with Gasteiger partial charge in [0.2, 0.25) is 0 Å². The molecule has 0 saturated heterocycles. The number of halogens is 1. The van der Waals surface area contributed by atoms with Crippen molar-refractivity contribution in [1.82, 2.24) is 10.3 Å². The minimum atomic E-state index is -1.05. The highest BCUT2D eigenvalue weighted by molar-refractivity contribution is 5.73. The van der Waals surface area contributed by atoms with Gasteiger partial charge in [0.15, 0.2) is 0 Å². The third kappa shape index (κ3) is 2.05. The van der Waals surface area contributed by atoms with E-state index >= 15 is 0 Å². The van der Waals surface area contributed by atoms with E-state index in [1.165, 1.54) is 18.2 Å². The van der Waals surface area contributed by atoms with Gasteiger partial charge < -0.3 is 5.11 Å². The van der Waals surface area contributed by atoms with E-state index in [4.69, 9.17) is 5.11 Å². The van der Waals surface area contributed by atoms with Gasteiger partial charge in [-0.15, -0.1) is 0 Å². The Balaban J connectivity index is 2.40. The van der Waals surface area contributed by atoms with E-state index in [0.717, 1.165) is 0 Å². The zero-order valence-electron chi connectivity index (χ0n) is 8.05. The number of benzene rings is 1. The van der Waals surface area contributed by atoms with Gasteiger partial charge in [-0.05, 0) is 17.3 Å². The molecule has 0 fully saturated rings. The van der Waals surface area contributed by atoms with E-state index in [1.807, 2.05) is 0 Å². The normalized spacial score (nSPS) is 10.3. The molecule has 0 aliphatic rings. The Morgan fingerprint density at radius 2 is 2.25 bits per heavy atom. The summed E-state index contributed by atoms with van der Waals surface area (Å²) in [5, 5.41) is 15.7. The first-order valence-corrected chi connectivity index (χ1v) is 4.46. The number of carboxylic acid groups (broad SMARTS) is 1. The number of hydrogen-bond acceptors (Lipinski definition) is 4. The molecule has 0 unspecified atom stereocenters. The van der Waals surface area contributed by atoms with Gasteiger partial charge in [0.25, 0.3) is 0 Å². The van der Waals surface area contributed by atoms with E-state index in [9.17, 15) is 9.18 Å². The molecule has 6 heteroatoms. The molecule has 1 heterocycles. The molecule has 82 valence electrons. The molecule has 2 rings (SSSR count). The van der Waals surface area contributed by atoms with Crippen LogP contribution in [0.4, 0.5) is 4.39 Å². The van der Waals surface area contributed by atoms with Crippen LogP contribution in [0.25, 0.3) is 11.3 Å². The molecule has 0 saturated carbocycles. The lowest BCUT2D eigenvalue weighted by molar-refractivity contribution is -0.136. The lowest BCUT2D eigenvalue weighted by Gasteiger charge is -1.97. The van der Waals surface area contributed by atoms with Gasteiger partial charge in [0.05, 0.1) is 6.42 Å². The summed E-state index contributed by atoms with van der Waals surface area (Å²) in [6.45, 7) is 0. The van der Waals surface area contributed by atoms with Gasteiger partial charge in [-0.1, -0.05) is 17.3 Å². The smallest absolute Gasteiger partial charge is 0.309 e. The summed E-state index contributed by atoms with van der Waals surface area (Å²) < 4.78 is 17.4. The maximum Gasteiger partial charge on any atom is 0.309 e. The quantitative estimate of drug-likeness (QED) is 0.851. The standard InChI is InChI=1S/C10H7FN2O3/c11-7-3-1-2-6(4-7)10-8(5-9(14)15)12-16-13-10/h1-4H,5H2,(H,14,15). The van der Waals surface area contributed by atoms with Crippen LogP contribution in [0.5, 0.6) is 0 Å². The van der Waals surface area contributed by atoms with Crippen molar-refractivity contribution in [2.24, 2.45) is 0 Å². The Labute approximate surface area is 89.5 Å². The Kier molecular flexibility index (Phi) is 2.63. The van der Waals surface area contributed by atoms with Crippen molar-refractivity contribution in [2.75, 3.05) is 0 Å². The van der Waals surface area contributed by atoms with Crippen LogP contribution in [0, 0.1) is 5.82 Å². The third-order valence-electron chi connectivity index (χ3n) is 1.97. The van der Waals surface area contributed by atoms with E-state index in [2.05, 4.69) is 14.9 Å². The molecule has 1 aromatic heterocycles. The van der Waals surface area contributed by atoms with Gasteiger partial charge in [-0.2, -0.15) is 0 Å². The summed E-state index contributed by atoms with van der Waals surface area (Å²) in [4.78, 5) is 10.5. The number of aliphatic carboxylic acids is 1. The van der Waals surface area contributed by atoms with Crippen LogP contribution >= 0.6 is 0 Å². The first-order chi connectivity index (χ1) is 7.66. The van der Waals surface area contributed by atoms with Crippen molar-refractivity contribution >= 4 is 5.97 Å². The third-order valence-corrected chi connectivity index (χ3v) is 1.97. The molecular formula is C10H7FN2O3. The Hall–Kier alpha value is -2.24. The van der Waals surface area contributed by atoms with Crippen molar-refractivity contribution < 1.29 is 18.9 Å². The highest BCUT2D eigenvalue weighted by atomic mass is 19.1. The fraction of sp³-hybridized carbons (Fsp3) is 0.100. The molecule has 0 spiro atoms. The minimum absolute atomic E-state index is 0.179. The van der Waals surface area contributed by atoms with E-state index < -0.39 is 11.8 Å². The summed E-state index contributed by atoms with van der Waals surface area (Å²) in [5.41, 5.74) is 0.873. The van der Waals surface area contributed by atoms with Gasteiger partial charge >= 0.3 is 5.97 Å². The van der Waals surface area contributed by atoms with Crippen LogP contribution in [0.3, 0.4) is 0 Å². The Bertz CT molecular complexity index is 524. The van der Waals surface area contributed by atoms with Crippen LogP contribution < -0.4 is 0 Å². The first kappa shape index (κ1) is 10.3. The molecule has 0 atom stereocenters. The molecule has 0 aliphatic carbocycles. The lowest BCUT2D eigenvalue weighted by atomic mass is 10.1. The fourth-order valence-electron chi connectivity index (χ4n) is 1.32. The van der Waals surface area contributed by atoms with Crippen LogP contribution in [0.15, 0.2) is 28.9 Å². The van der Waals surface area contributed by atoms with Crippen LogP contribution in [-0.2, 0) is 11.2 Å². The average Bonchev–Trinajstić information content (AvgIpc) is 2.65. The Morgan fingerprint density at radius 1 is 1.44 bits per heavy atom. The molecular weight excluding hydrogens is 215 g/mol. The lowest BCUT2D eigenvalue weighted by Crippen LogP contribution is -2.01. The van der Waals surface area contributed by atoms with Gasteiger partial charge in [0.1, 0.15) is 17.2 Å². The highest BCUT2D eigenvalue weighted by Crippen LogP contribution is 2.21. The zero-order chi connectivity index (χ0) is 11.5. The number of carbonyl (C=O) groups is 1. The van der Waals surface area contributed by atoms with Crippen molar-refractivity contribution in [1.29, 1.82) is 0 Å². The monoisotopic (exact) mass is 222 g/mol. The molecule has 5 nitrogen and oxygen atoms in total. The summed E-state index contributed by atoms with van der Waals surface area (Å²) in [6, 6.07) is 5.64. The second kappa shape index (κ2) is 4.09. The first-order valence-electron chi connectivity index (χ1n) is 4.46. The number of aromatic nitrogens is 2. The SMILES string of the molecule is O=C(O)Cc1nonc1-c1cccc(F)c1. The molecule has 1 aromatic carbocycles. The molecule has 0 amide bonds. The molecule has 0 aliphatic heterocycles. The predicted octanol–water partition coefficient (Wildman–Crippen LogP) is 1.50. The molecule has 16 heavy (non-hydrogen) atoms. The number of carboxylic acids is 1. The predicted molar refractivity (Wildman–Crippen MR) is 51.0 cm³/mol. The highest BCUT2D eigenvalue weighted by Gasteiger charge is 2.15. The molecule has 2 aromatic rings. The second-order valence-corrected chi connectivity index (χ2v) is 3.14. The Morgan fingerprint density at radius 3 is 2.94 bits per heavy atom. The van der Waals surface area contributed by atoms with Gasteiger partial charge in [0, 0.05) is 5.56 Å². The maximum atomic E-state index is 13.0. The number of rotatable bonds is 3. The summed E-state index contributed by atoms with van der Waals surface area (Å²) >= 11 is 0. The minimum Gasteiger partial charge on any atom is -0.481 e. The largest absolute Gasteiger partial charge is 0.481 e. The van der Waals surface area contributed by atoms with Gasteiger partial charge in [-0.25, -0.2) is 9.02 Å². The average molecular weight is 222 g/mol. The zero-order valence-corrected chi connectivity index (χ0v) is 8.05. The molecule has 0 radical (unpaired) electrons. The topological polar surface area (TPSA) is 76.2 Å². The summed E-state index contributed by atoms with van der Waals surface area (Å²) in [6.07, 6.45) is -0.310. The van der Waals surface area contributed by atoms with Crippen molar-refractivity contribution in [3.63, 3.8) is 0 Å². The van der Waals surface area contributed by atoms with E-state index in [-0.39, 0.29) is 17.8 Å². The summed E-state index contributed by atoms with van der Waals surface area (Å²) in [7, 11) is 0. The number of hydrogen-bond donors (Lipinski definition) is 1. The van der Waals surface area contributed by atoms with Crippen molar-refractivity contribution in [2.45, 2.75) is 6.42 Å². The maximum absolute atomic E-state index is 13.0. The van der Waals surface area contributed by atoms with Crippen LogP contribution in [0.1, 0.15) is 5.69 Å². The molecule has 0 bridgehead atoms.